The molecule has 0 amide bonds. The number of anilines is 2. The molecule has 0 bridgehead atoms. The first-order valence-corrected chi connectivity index (χ1v) is 8.13. The minimum Gasteiger partial charge on any atom is -0.379 e. The van der Waals surface area contributed by atoms with Crippen molar-refractivity contribution >= 4 is 11.6 Å². The van der Waals surface area contributed by atoms with Crippen LogP contribution in [0.5, 0.6) is 0 Å². The summed E-state index contributed by atoms with van der Waals surface area (Å²) in [5, 5.41) is 3.28. The lowest BCUT2D eigenvalue weighted by molar-refractivity contribution is 0.131. The maximum absolute atomic E-state index is 5.70. The van der Waals surface area contributed by atoms with Crippen LogP contribution >= 0.6 is 0 Å². The Bertz CT molecular complexity index is 410. The molecule has 5 nitrogen and oxygen atoms in total. The Kier molecular flexibility index (Phi) is 6.23. The zero-order valence-electron chi connectivity index (χ0n) is 13.6. The van der Waals surface area contributed by atoms with Crippen LogP contribution < -0.4 is 10.2 Å². The topological polar surface area (TPSA) is 50.3 Å². The maximum Gasteiger partial charge on any atom is 0.134 e. The monoisotopic (exact) mass is 292 g/mol. The number of nitrogens with zero attached hydrogens (tertiary/aromatic N) is 3. The Hall–Kier alpha value is -1.36. The molecule has 0 atom stereocenters. The Morgan fingerprint density at radius 3 is 2.81 bits per heavy atom. The molecule has 1 aromatic heterocycles. The van der Waals surface area contributed by atoms with E-state index < -0.39 is 0 Å². The van der Waals surface area contributed by atoms with Crippen LogP contribution in [-0.2, 0) is 11.2 Å². The second kappa shape index (κ2) is 8.17. The van der Waals surface area contributed by atoms with Gasteiger partial charge in [-0.05, 0) is 32.1 Å². The Morgan fingerprint density at radius 2 is 2.14 bits per heavy atom. The predicted octanol–water partition coefficient (Wildman–Crippen LogP) is 2.72. The summed E-state index contributed by atoms with van der Waals surface area (Å²) >= 11 is 0. The van der Waals surface area contributed by atoms with Crippen LogP contribution in [0.4, 0.5) is 11.6 Å². The highest BCUT2D eigenvalue weighted by Gasteiger charge is 2.21. The van der Waals surface area contributed by atoms with Gasteiger partial charge in [-0.25, -0.2) is 9.97 Å². The summed E-state index contributed by atoms with van der Waals surface area (Å²) in [5.74, 6) is 3.62. The quantitative estimate of drug-likeness (QED) is 0.672. The van der Waals surface area contributed by atoms with Gasteiger partial charge in [-0.2, -0.15) is 0 Å². The summed E-state index contributed by atoms with van der Waals surface area (Å²) in [5.41, 5.74) is 0. The van der Waals surface area contributed by atoms with Crippen molar-refractivity contribution in [3.63, 3.8) is 0 Å². The molecule has 1 aliphatic rings. The fourth-order valence-corrected chi connectivity index (χ4v) is 2.14. The fourth-order valence-electron chi connectivity index (χ4n) is 2.14. The SMILES string of the molecule is CCCc1nc(NCC)cc(N(C)CCOCC2CC2)n1. The summed E-state index contributed by atoms with van der Waals surface area (Å²) in [6.45, 7) is 7.64. The lowest BCUT2D eigenvalue weighted by atomic mass is 10.3. The van der Waals surface area contributed by atoms with Crippen molar-refractivity contribution in [3.8, 4) is 0 Å². The second-order valence-corrected chi connectivity index (χ2v) is 5.75. The number of ether oxygens (including phenoxy) is 1. The van der Waals surface area contributed by atoms with E-state index in [1.807, 2.05) is 6.07 Å². The van der Waals surface area contributed by atoms with Gasteiger partial charge in [-0.1, -0.05) is 6.92 Å². The van der Waals surface area contributed by atoms with E-state index in [1.165, 1.54) is 12.8 Å². The standard InChI is InChI=1S/C16H28N4O/c1-4-6-14-18-15(17-5-2)11-16(19-14)20(3)9-10-21-12-13-7-8-13/h11,13H,4-10,12H2,1-3H3,(H,17,18,19). The van der Waals surface area contributed by atoms with Crippen molar-refractivity contribution in [1.82, 2.24) is 9.97 Å². The molecule has 1 aromatic rings. The summed E-state index contributed by atoms with van der Waals surface area (Å²) in [7, 11) is 2.06. The molecular weight excluding hydrogens is 264 g/mol. The number of aromatic nitrogens is 2. The van der Waals surface area contributed by atoms with Crippen LogP contribution in [0.15, 0.2) is 6.07 Å². The first kappa shape index (κ1) is 16.0. The summed E-state index contributed by atoms with van der Waals surface area (Å²) < 4.78 is 5.70. The molecule has 2 rings (SSSR count). The van der Waals surface area contributed by atoms with Crippen molar-refractivity contribution in [1.29, 1.82) is 0 Å². The average molecular weight is 292 g/mol. The molecule has 118 valence electrons. The maximum atomic E-state index is 5.70. The van der Waals surface area contributed by atoms with Crippen molar-refractivity contribution in [3.05, 3.63) is 11.9 Å². The van der Waals surface area contributed by atoms with Gasteiger partial charge in [0.1, 0.15) is 17.5 Å². The highest BCUT2D eigenvalue weighted by Crippen LogP contribution is 2.28. The van der Waals surface area contributed by atoms with Crippen molar-refractivity contribution in [2.24, 2.45) is 5.92 Å². The number of nitrogens with one attached hydrogen (secondary N) is 1. The lowest BCUT2D eigenvalue weighted by Gasteiger charge is -2.19. The molecule has 0 spiro atoms. The van der Waals surface area contributed by atoms with Gasteiger partial charge in [0.25, 0.3) is 0 Å². The van der Waals surface area contributed by atoms with E-state index in [2.05, 4.69) is 41.1 Å². The number of rotatable bonds is 10. The molecule has 5 heteroatoms. The number of hydrogen-bond acceptors (Lipinski definition) is 5. The zero-order valence-corrected chi connectivity index (χ0v) is 13.6. The highest BCUT2D eigenvalue weighted by atomic mass is 16.5. The van der Waals surface area contributed by atoms with Crippen molar-refractivity contribution in [2.45, 2.75) is 39.5 Å². The predicted molar refractivity (Wildman–Crippen MR) is 87.0 cm³/mol. The van der Waals surface area contributed by atoms with E-state index in [0.29, 0.717) is 0 Å². The third-order valence-corrected chi connectivity index (χ3v) is 3.60. The minimum atomic E-state index is 0.761. The molecule has 0 saturated heterocycles. The fraction of sp³-hybridized carbons (Fsp3) is 0.750. The molecule has 1 fully saturated rings. The summed E-state index contributed by atoms with van der Waals surface area (Å²) in [6.07, 6.45) is 4.66. The molecule has 1 heterocycles. The van der Waals surface area contributed by atoms with Crippen molar-refractivity contribution < 1.29 is 4.74 Å². The second-order valence-electron chi connectivity index (χ2n) is 5.75. The molecule has 1 N–H and O–H groups in total. The zero-order chi connectivity index (χ0) is 15.1. The van der Waals surface area contributed by atoms with Crippen LogP contribution in [-0.4, -0.2) is 43.3 Å². The van der Waals surface area contributed by atoms with Gasteiger partial charge < -0.3 is 15.0 Å². The van der Waals surface area contributed by atoms with E-state index in [-0.39, 0.29) is 0 Å². The third-order valence-electron chi connectivity index (χ3n) is 3.60. The largest absolute Gasteiger partial charge is 0.379 e. The van der Waals surface area contributed by atoms with E-state index >= 15 is 0 Å². The van der Waals surface area contributed by atoms with E-state index in [4.69, 9.17) is 4.74 Å². The Balaban J connectivity index is 1.91. The third kappa shape index (κ3) is 5.50. The smallest absolute Gasteiger partial charge is 0.134 e. The van der Waals surface area contributed by atoms with Crippen LogP contribution in [0.3, 0.4) is 0 Å². The first-order chi connectivity index (χ1) is 10.2. The van der Waals surface area contributed by atoms with Gasteiger partial charge in [0.05, 0.1) is 6.61 Å². The summed E-state index contributed by atoms with van der Waals surface area (Å²) in [6, 6.07) is 2.02. The van der Waals surface area contributed by atoms with Crippen LogP contribution in [0, 0.1) is 5.92 Å². The number of hydrogen-bond donors (Lipinski definition) is 1. The molecule has 21 heavy (non-hydrogen) atoms. The van der Waals surface area contributed by atoms with Gasteiger partial charge >= 0.3 is 0 Å². The average Bonchev–Trinajstić information content (AvgIpc) is 3.28. The van der Waals surface area contributed by atoms with E-state index in [9.17, 15) is 0 Å². The molecule has 0 radical (unpaired) electrons. The van der Waals surface area contributed by atoms with Crippen LogP contribution in [0.25, 0.3) is 0 Å². The molecule has 0 unspecified atom stereocenters. The van der Waals surface area contributed by atoms with Gasteiger partial charge in [-0.3, -0.25) is 0 Å². The van der Waals surface area contributed by atoms with Gasteiger partial charge in [0, 0.05) is 39.2 Å². The lowest BCUT2D eigenvalue weighted by Crippen LogP contribution is -2.24. The van der Waals surface area contributed by atoms with E-state index in [0.717, 1.165) is 62.5 Å². The Labute approximate surface area is 128 Å². The van der Waals surface area contributed by atoms with Gasteiger partial charge in [0.15, 0.2) is 0 Å². The minimum absolute atomic E-state index is 0.761. The summed E-state index contributed by atoms with van der Waals surface area (Å²) in [4.78, 5) is 11.3. The van der Waals surface area contributed by atoms with Crippen LogP contribution in [0.2, 0.25) is 0 Å². The normalized spacial score (nSPS) is 14.2. The highest BCUT2D eigenvalue weighted by molar-refractivity contribution is 5.49. The number of aryl methyl sites for hydroxylation is 1. The molecule has 1 saturated carbocycles. The van der Waals surface area contributed by atoms with Crippen LogP contribution in [0.1, 0.15) is 38.9 Å². The molecular formula is C16H28N4O. The molecule has 0 aliphatic heterocycles. The van der Waals surface area contributed by atoms with Gasteiger partial charge in [0.2, 0.25) is 0 Å². The molecule has 1 aliphatic carbocycles. The van der Waals surface area contributed by atoms with Crippen molar-refractivity contribution in [2.75, 3.05) is 43.6 Å². The number of likely N-dealkylation sites (N-methyl/N-ethyl adjacent to an activating group) is 1. The van der Waals surface area contributed by atoms with E-state index in [1.54, 1.807) is 0 Å². The Morgan fingerprint density at radius 1 is 1.33 bits per heavy atom. The van der Waals surface area contributed by atoms with Gasteiger partial charge in [-0.15, -0.1) is 0 Å². The molecule has 0 aromatic carbocycles. The first-order valence-electron chi connectivity index (χ1n) is 8.13.